The Bertz CT molecular complexity index is 1020. The number of nitrogens with zero attached hydrogens (tertiary/aromatic N) is 1. The molecule has 2 heterocycles. The van der Waals surface area contributed by atoms with Crippen molar-refractivity contribution in [3.63, 3.8) is 0 Å². The lowest BCUT2D eigenvalue weighted by Crippen LogP contribution is -2.53. The van der Waals surface area contributed by atoms with Gasteiger partial charge in [-0.25, -0.2) is 0 Å². The van der Waals surface area contributed by atoms with Gasteiger partial charge in [-0.3, -0.25) is 9.69 Å². The van der Waals surface area contributed by atoms with Crippen molar-refractivity contribution in [2.24, 2.45) is 0 Å². The fourth-order valence-electron chi connectivity index (χ4n) is 4.35. The zero-order chi connectivity index (χ0) is 22.3. The fourth-order valence-corrected chi connectivity index (χ4v) is 5.02. The number of hydrogen-bond donors (Lipinski definition) is 1. The Morgan fingerprint density at radius 1 is 1.16 bits per heavy atom. The van der Waals surface area contributed by atoms with Crippen LogP contribution in [0.1, 0.15) is 17.5 Å². The summed E-state index contributed by atoms with van der Waals surface area (Å²) in [5.41, 5.74) is 3.53. The number of aryl methyl sites for hydroxylation is 1. The van der Waals surface area contributed by atoms with Crippen LogP contribution in [0.3, 0.4) is 0 Å². The minimum absolute atomic E-state index is 0.0623. The Kier molecular flexibility index (Phi) is 7.45. The fraction of sp³-hybridized carbons (Fsp3) is 0.346. The van der Waals surface area contributed by atoms with Gasteiger partial charge in [0.05, 0.1) is 13.2 Å². The number of likely N-dealkylation sites (N-methyl/N-ethyl adjacent to an activating group) is 1. The highest BCUT2D eigenvalue weighted by Crippen LogP contribution is 2.28. The third-order valence-electron chi connectivity index (χ3n) is 6.00. The molecule has 0 saturated carbocycles. The third-order valence-corrected chi connectivity index (χ3v) is 6.73. The lowest BCUT2D eigenvalue weighted by atomic mass is 9.89. The maximum atomic E-state index is 13.5. The van der Waals surface area contributed by atoms with E-state index < -0.39 is 0 Å². The minimum Gasteiger partial charge on any atom is -0.493 e. The lowest BCUT2D eigenvalue weighted by molar-refractivity contribution is -0.123. The Morgan fingerprint density at radius 2 is 1.94 bits per heavy atom. The molecule has 2 atom stereocenters. The summed E-state index contributed by atoms with van der Waals surface area (Å²) in [5, 5.41) is 7.73. The highest BCUT2D eigenvalue weighted by Gasteiger charge is 2.33. The molecule has 0 aliphatic carbocycles. The van der Waals surface area contributed by atoms with Crippen LogP contribution in [0.2, 0.25) is 0 Å². The van der Waals surface area contributed by atoms with Gasteiger partial charge in [-0.2, -0.15) is 11.3 Å². The summed E-state index contributed by atoms with van der Waals surface area (Å²) >= 11 is 1.63. The predicted octanol–water partition coefficient (Wildman–Crippen LogP) is 4.67. The summed E-state index contributed by atoms with van der Waals surface area (Å²) in [6, 6.07) is 17.9. The molecule has 168 valence electrons. The Labute approximate surface area is 194 Å². The number of thiophene rings is 1. The standard InChI is InChI=1S/C26H30N2O3S/c1-28(14-15-31-25-10-6-5-9-24(25)30-2)26(23(29)17-19-13-16-32-18-19)22-12-11-20-7-3-4-8-21(20)27-22/h3-10,13,16,18,22,26-27H,11-12,14-15,17H2,1-2H3. The molecule has 1 N–H and O–H groups in total. The Hall–Kier alpha value is -2.83. The van der Waals surface area contributed by atoms with Gasteiger partial charge in [-0.1, -0.05) is 30.3 Å². The molecule has 6 heteroatoms. The zero-order valence-electron chi connectivity index (χ0n) is 18.6. The monoisotopic (exact) mass is 450 g/mol. The second-order valence-corrected chi connectivity index (χ2v) is 8.93. The second kappa shape index (κ2) is 10.7. The van der Waals surface area contributed by atoms with E-state index in [4.69, 9.17) is 9.47 Å². The summed E-state index contributed by atoms with van der Waals surface area (Å²) < 4.78 is 11.4. The first-order valence-electron chi connectivity index (χ1n) is 11.0. The van der Waals surface area contributed by atoms with E-state index in [2.05, 4.69) is 33.8 Å². The molecule has 0 amide bonds. The number of rotatable bonds is 10. The summed E-state index contributed by atoms with van der Waals surface area (Å²) in [6.45, 7) is 1.11. The lowest BCUT2D eigenvalue weighted by Gasteiger charge is -2.37. The van der Waals surface area contributed by atoms with E-state index in [0.29, 0.717) is 31.1 Å². The minimum atomic E-state index is -0.232. The number of ether oxygens (including phenoxy) is 2. The van der Waals surface area contributed by atoms with Crippen molar-refractivity contribution in [3.8, 4) is 11.5 Å². The highest BCUT2D eigenvalue weighted by molar-refractivity contribution is 7.08. The zero-order valence-corrected chi connectivity index (χ0v) is 19.4. The third kappa shape index (κ3) is 5.31. The highest BCUT2D eigenvalue weighted by atomic mass is 32.1. The molecule has 0 spiro atoms. The molecule has 32 heavy (non-hydrogen) atoms. The number of para-hydroxylation sites is 3. The SMILES string of the molecule is COc1ccccc1OCCN(C)C(C(=O)Cc1ccsc1)C1CCc2ccccc2N1. The maximum absolute atomic E-state index is 13.5. The largest absolute Gasteiger partial charge is 0.493 e. The van der Waals surface area contributed by atoms with E-state index in [1.165, 1.54) is 5.56 Å². The molecule has 1 aliphatic heterocycles. The van der Waals surface area contributed by atoms with Crippen LogP contribution >= 0.6 is 11.3 Å². The van der Waals surface area contributed by atoms with Crippen LogP contribution in [0.5, 0.6) is 11.5 Å². The van der Waals surface area contributed by atoms with Gasteiger partial charge in [-0.15, -0.1) is 0 Å². The summed E-state index contributed by atoms with van der Waals surface area (Å²) in [6.07, 6.45) is 2.35. The first kappa shape index (κ1) is 22.4. The number of hydrogen-bond acceptors (Lipinski definition) is 6. The first-order chi connectivity index (χ1) is 15.7. The molecule has 5 nitrogen and oxygen atoms in total. The second-order valence-electron chi connectivity index (χ2n) is 8.15. The van der Waals surface area contributed by atoms with E-state index in [1.807, 2.05) is 48.8 Å². The molecular formula is C26H30N2O3S. The van der Waals surface area contributed by atoms with E-state index in [0.717, 1.165) is 24.1 Å². The van der Waals surface area contributed by atoms with Crippen molar-refractivity contribution >= 4 is 22.8 Å². The average molecular weight is 451 g/mol. The number of anilines is 1. The summed E-state index contributed by atoms with van der Waals surface area (Å²) in [5.74, 6) is 1.67. The molecule has 0 radical (unpaired) electrons. The number of carbonyl (C=O) groups is 1. The molecular weight excluding hydrogens is 420 g/mol. The van der Waals surface area contributed by atoms with Gasteiger partial charge in [0.2, 0.25) is 0 Å². The van der Waals surface area contributed by atoms with Gasteiger partial charge in [-0.05, 0) is 66.0 Å². The van der Waals surface area contributed by atoms with Crippen LogP contribution in [0.25, 0.3) is 0 Å². The van der Waals surface area contributed by atoms with Gasteiger partial charge >= 0.3 is 0 Å². The van der Waals surface area contributed by atoms with Gasteiger partial charge < -0.3 is 14.8 Å². The van der Waals surface area contributed by atoms with Crippen molar-refractivity contribution < 1.29 is 14.3 Å². The van der Waals surface area contributed by atoms with Crippen LogP contribution in [-0.2, 0) is 17.6 Å². The number of methoxy groups -OCH3 is 1. The Balaban J connectivity index is 1.46. The maximum Gasteiger partial charge on any atom is 0.161 e. The molecule has 1 aliphatic rings. The Morgan fingerprint density at radius 3 is 2.72 bits per heavy atom. The molecule has 0 saturated heterocycles. The van der Waals surface area contributed by atoms with Crippen LogP contribution < -0.4 is 14.8 Å². The van der Waals surface area contributed by atoms with E-state index >= 15 is 0 Å². The van der Waals surface area contributed by atoms with Gasteiger partial charge in [0, 0.05) is 24.7 Å². The molecule has 2 unspecified atom stereocenters. The quantitative estimate of drug-likeness (QED) is 0.486. The summed E-state index contributed by atoms with van der Waals surface area (Å²) in [4.78, 5) is 15.6. The van der Waals surface area contributed by atoms with Crippen LogP contribution in [-0.4, -0.2) is 50.1 Å². The number of Topliss-reactive ketones (excluding diaryl/α,β-unsaturated/α-hetero) is 1. The molecule has 4 rings (SSSR count). The molecule has 2 aromatic carbocycles. The van der Waals surface area contributed by atoms with Crippen LogP contribution in [0.15, 0.2) is 65.4 Å². The van der Waals surface area contributed by atoms with E-state index in [1.54, 1.807) is 18.4 Å². The van der Waals surface area contributed by atoms with Crippen molar-refractivity contribution in [1.82, 2.24) is 4.90 Å². The van der Waals surface area contributed by atoms with Gasteiger partial charge in [0.15, 0.2) is 17.3 Å². The van der Waals surface area contributed by atoms with Crippen molar-refractivity contribution in [2.45, 2.75) is 31.3 Å². The van der Waals surface area contributed by atoms with Gasteiger partial charge in [0.1, 0.15) is 6.61 Å². The number of benzene rings is 2. The van der Waals surface area contributed by atoms with E-state index in [9.17, 15) is 4.79 Å². The number of carbonyl (C=O) groups excluding carboxylic acids is 1. The number of ketones is 1. The normalized spacial score (nSPS) is 16.2. The van der Waals surface area contributed by atoms with Gasteiger partial charge in [0.25, 0.3) is 0 Å². The summed E-state index contributed by atoms with van der Waals surface area (Å²) in [7, 11) is 3.66. The van der Waals surface area contributed by atoms with Crippen molar-refractivity contribution in [2.75, 3.05) is 32.6 Å². The molecule has 0 bridgehead atoms. The smallest absolute Gasteiger partial charge is 0.161 e. The first-order valence-corrected chi connectivity index (χ1v) is 11.9. The van der Waals surface area contributed by atoms with Crippen LogP contribution in [0, 0.1) is 0 Å². The topological polar surface area (TPSA) is 50.8 Å². The number of fused-ring (bicyclic) bond motifs is 1. The number of nitrogens with one attached hydrogen (secondary N) is 1. The van der Waals surface area contributed by atoms with Crippen molar-refractivity contribution in [3.05, 3.63) is 76.5 Å². The molecule has 0 fully saturated rings. The van der Waals surface area contributed by atoms with Crippen LogP contribution in [0.4, 0.5) is 5.69 Å². The van der Waals surface area contributed by atoms with Crippen molar-refractivity contribution in [1.29, 1.82) is 0 Å². The molecule has 1 aromatic heterocycles. The van der Waals surface area contributed by atoms with E-state index in [-0.39, 0.29) is 17.9 Å². The molecule has 3 aromatic rings. The predicted molar refractivity (Wildman–Crippen MR) is 130 cm³/mol. The average Bonchev–Trinajstić information content (AvgIpc) is 3.32.